The van der Waals surface area contributed by atoms with Crippen molar-refractivity contribution in [3.8, 4) is 11.3 Å². The number of anilines is 3. The van der Waals surface area contributed by atoms with E-state index in [1.54, 1.807) is 19.3 Å². The number of hydrogen-bond donors (Lipinski definition) is 2. The molecule has 8 heteroatoms. The topological polar surface area (TPSA) is 100 Å². The first-order chi connectivity index (χ1) is 17.0. The van der Waals surface area contributed by atoms with Gasteiger partial charge in [0.2, 0.25) is 11.8 Å². The van der Waals surface area contributed by atoms with Crippen molar-refractivity contribution in [1.82, 2.24) is 19.9 Å². The summed E-state index contributed by atoms with van der Waals surface area (Å²) >= 11 is 0. The van der Waals surface area contributed by atoms with Gasteiger partial charge in [-0.15, -0.1) is 0 Å². The molecule has 3 aromatic rings. The average Bonchev–Trinajstić information content (AvgIpc) is 3.71. The maximum absolute atomic E-state index is 12.2. The van der Waals surface area contributed by atoms with Crippen LogP contribution in [0.1, 0.15) is 51.3 Å². The number of aromatic nitrogens is 3. The summed E-state index contributed by atoms with van der Waals surface area (Å²) in [6.45, 7) is 4.31. The van der Waals surface area contributed by atoms with Crippen LogP contribution in [-0.4, -0.2) is 44.3 Å². The first-order valence-corrected chi connectivity index (χ1v) is 12.2. The quantitative estimate of drug-likeness (QED) is 0.540. The Morgan fingerprint density at radius 1 is 1.00 bits per heavy atom. The number of piperidine rings is 1. The summed E-state index contributed by atoms with van der Waals surface area (Å²) in [5, 5.41) is 6.38. The van der Waals surface area contributed by atoms with Crippen molar-refractivity contribution in [2.24, 2.45) is 5.92 Å². The monoisotopic (exact) mass is 470 g/mol. The van der Waals surface area contributed by atoms with Gasteiger partial charge in [0.1, 0.15) is 11.6 Å². The van der Waals surface area contributed by atoms with Crippen LogP contribution in [0.15, 0.2) is 54.9 Å². The zero-order valence-corrected chi connectivity index (χ0v) is 20.1. The van der Waals surface area contributed by atoms with Gasteiger partial charge in [0.05, 0.1) is 5.69 Å². The second-order valence-electron chi connectivity index (χ2n) is 9.50. The van der Waals surface area contributed by atoms with Gasteiger partial charge in [0.15, 0.2) is 0 Å². The molecule has 1 saturated carbocycles. The van der Waals surface area contributed by atoms with E-state index >= 15 is 0 Å². The highest BCUT2D eigenvalue weighted by atomic mass is 16.2. The molecule has 0 unspecified atom stereocenters. The molecule has 2 amide bonds. The molecule has 180 valence electrons. The van der Waals surface area contributed by atoms with E-state index in [1.807, 2.05) is 47.4 Å². The SMILES string of the molecule is CC(=O)N1C[C@H](c2nc(Nc3cccc(NC(=O)C4CC4)c3)cc(-c3cccnc3)n2)CC[C@@H]1C. The van der Waals surface area contributed by atoms with Crippen molar-refractivity contribution in [1.29, 1.82) is 0 Å². The zero-order valence-electron chi connectivity index (χ0n) is 20.1. The first-order valence-electron chi connectivity index (χ1n) is 12.2. The molecular weight excluding hydrogens is 440 g/mol. The predicted molar refractivity (Wildman–Crippen MR) is 135 cm³/mol. The molecule has 1 aliphatic carbocycles. The van der Waals surface area contributed by atoms with Crippen molar-refractivity contribution in [2.75, 3.05) is 17.2 Å². The number of pyridine rings is 1. The molecule has 1 aliphatic heterocycles. The standard InChI is InChI=1S/C27H30N6O2/c1-17-8-9-21(16-33(17)18(2)34)26-31-24(20-5-4-12-28-15-20)14-25(32-26)29-22-6-3-7-23(13-22)30-27(35)19-10-11-19/h3-7,12-15,17,19,21H,8-11,16H2,1-2H3,(H,30,35)(H,29,31,32)/t17-,21+/m0/s1. The highest BCUT2D eigenvalue weighted by Crippen LogP contribution is 2.32. The third-order valence-electron chi connectivity index (χ3n) is 6.70. The maximum Gasteiger partial charge on any atom is 0.227 e. The minimum absolute atomic E-state index is 0.0523. The van der Waals surface area contributed by atoms with Crippen molar-refractivity contribution in [3.05, 3.63) is 60.7 Å². The number of benzene rings is 1. The van der Waals surface area contributed by atoms with Gasteiger partial charge in [-0.2, -0.15) is 0 Å². The van der Waals surface area contributed by atoms with Crippen LogP contribution in [0.2, 0.25) is 0 Å². The third-order valence-corrected chi connectivity index (χ3v) is 6.70. The minimum Gasteiger partial charge on any atom is -0.340 e. The first kappa shape index (κ1) is 23.0. The second kappa shape index (κ2) is 9.82. The summed E-state index contributed by atoms with van der Waals surface area (Å²) in [4.78, 5) is 40.2. The van der Waals surface area contributed by atoms with Crippen LogP contribution in [0, 0.1) is 5.92 Å². The number of likely N-dealkylation sites (tertiary alicyclic amines) is 1. The van der Waals surface area contributed by atoms with E-state index in [-0.39, 0.29) is 29.7 Å². The van der Waals surface area contributed by atoms with Crippen LogP contribution < -0.4 is 10.6 Å². The van der Waals surface area contributed by atoms with E-state index in [0.29, 0.717) is 18.2 Å². The van der Waals surface area contributed by atoms with Gasteiger partial charge in [0.25, 0.3) is 0 Å². The lowest BCUT2D eigenvalue weighted by atomic mass is 9.92. The Morgan fingerprint density at radius 3 is 2.57 bits per heavy atom. The molecule has 0 spiro atoms. The lowest BCUT2D eigenvalue weighted by Crippen LogP contribution is -2.44. The number of nitrogens with one attached hydrogen (secondary N) is 2. The molecule has 3 heterocycles. The Bertz CT molecular complexity index is 1230. The largest absolute Gasteiger partial charge is 0.340 e. The molecule has 0 radical (unpaired) electrons. The van der Waals surface area contributed by atoms with Crippen LogP contribution in [0.4, 0.5) is 17.2 Å². The number of nitrogens with zero attached hydrogens (tertiary/aromatic N) is 4. The maximum atomic E-state index is 12.2. The Labute approximate surface area is 205 Å². The Hall–Kier alpha value is -3.81. The Balaban J connectivity index is 1.44. The highest BCUT2D eigenvalue weighted by Gasteiger charge is 2.31. The summed E-state index contributed by atoms with van der Waals surface area (Å²) in [7, 11) is 0. The molecule has 0 bridgehead atoms. The van der Waals surface area contributed by atoms with Crippen LogP contribution in [0.3, 0.4) is 0 Å². The number of hydrogen-bond acceptors (Lipinski definition) is 6. The molecule has 1 aromatic carbocycles. The van der Waals surface area contributed by atoms with Gasteiger partial charge in [-0.25, -0.2) is 9.97 Å². The summed E-state index contributed by atoms with van der Waals surface area (Å²) < 4.78 is 0. The lowest BCUT2D eigenvalue weighted by molar-refractivity contribution is -0.132. The summed E-state index contributed by atoms with van der Waals surface area (Å²) in [6, 6.07) is 13.6. The number of carbonyl (C=O) groups excluding carboxylic acids is 2. The third kappa shape index (κ3) is 5.48. The minimum atomic E-state index is 0.0523. The normalized spacial score (nSPS) is 19.8. The zero-order chi connectivity index (χ0) is 24.4. The molecule has 8 nitrogen and oxygen atoms in total. The number of rotatable bonds is 6. The van der Waals surface area contributed by atoms with E-state index in [2.05, 4.69) is 22.5 Å². The second-order valence-corrected chi connectivity index (χ2v) is 9.50. The number of amides is 2. The van der Waals surface area contributed by atoms with E-state index in [4.69, 9.17) is 9.97 Å². The van der Waals surface area contributed by atoms with Gasteiger partial charge in [-0.3, -0.25) is 14.6 Å². The summed E-state index contributed by atoms with van der Waals surface area (Å²) in [5.41, 5.74) is 3.25. The fourth-order valence-electron chi connectivity index (χ4n) is 4.54. The smallest absolute Gasteiger partial charge is 0.227 e. The van der Waals surface area contributed by atoms with Crippen LogP contribution in [0.25, 0.3) is 11.3 Å². The van der Waals surface area contributed by atoms with Crippen LogP contribution in [0.5, 0.6) is 0 Å². The highest BCUT2D eigenvalue weighted by molar-refractivity contribution is 5.94. The number of carbonyl (C=O) groups is 2. The average molecular weight is 471 g/mol. The molecule has 2 aromatic heterocycles. The molecule has 5 rings (SSSR count). The van der Waals surface area contributed by atoms with Gasteiger partial charge in [-0.05, 0) is 62.9 Å². The summed E-state index contributed by atoms with van der Waals surface area (Å²) in [6.07, 6.45) is 7.28. The van der Waals surface area contributed by atoms with Crippen LogP contribution >= 0.6 is 0 Å². The van der Waals surface area contributed by atoms with Gasteiger partial charge in [-0.1, -0.05) is 6.07 Å². The Morgan fingerprint density at radius 2 is 1.83 bits per heavy atom. The van der Waals surface area contributed by atoms with Gasteiger partial charge in [0, 0.05) is 66.7 Å². The van der Waals surface area contributed by atoms with Crippen molar-refractivity contribution >= 4 is 29.0 Å². The fraction of sp³-hybridized carbons (Fsp3) is 0.370. The molecule has 35 heavy (non-hydrogen) atoms. The van der Waals surface area contributed by atoms with Gasteiger partial charge < -0.3 is 15.5 Å². The molecule has 2 atom stereocenters. The molecule has 2 fully saturated rings. The van der Waals surface area contributed by atoms with Gasteiger partial charge >= 0.3 is 0 Å². The van der Waals surface area contributed by atoms with Crippen molar-refractivity contribution < 1.29 is 9.59 Å². The van der Waals surface area contributed by atoms with E-state index < -0.39 is 0 Å². The van der Waals surface area contributed by atoms with Crippen LogP contribution in [-0.2, 0) is 9.59 Å². The lowest BCUT2D eigenvalue weighted by Gasteiger charge is -2.37. The summed E-state index contributed by atoms with van der Waals surface area (Å²) in [5.74, 6) is 1.72. The van der Waals surface area contributed by atoms with Crippen molar-refractivity contribution in [3.63, 3.8) is 0 Å². The Kier molecular flexibility index (Phi) is 6.44. The molecule has 2 N–H and O–H groups in total. The van der Waals surface area contributed by atoms with E-state index in [9.17, 15) is 9.59 Å². The van der Waals surface area contributed by atoms with Crippen molar-refractivity contribution in [2.45, 2.75) is 51.5 Å². The van der Waals surface area contributed by atoms with E-state index in [0.717, 1.165) is 48.3 Å². The molecular formula is C27H30N6O2. The fourth-order valence-corrected chi connectivity index (χ4v) is 4.54. The molecule has 1 saturated heterocycles. The van der Waals surface area contributed by atoms with E-state index in [1.165, 1.54) is 0 Å². The molecule has 2 aliphatic rings. The predicted octanol–water partition coefficient (Wildman–Crippen LogP) is 4.75.